The van der Waals surface area contributed by atoms with Crippen LogP contribution >= 0.6 is 7.82 Å². The number of rotatable bonds is 0. The molecule has 9 heteroatoms. The number of hydrogen-bond acceptors (Lipinski definition) is 4. The molecule has 0 aliphatic carbocycles. The van der Waals surface area contributed by atoms with Gasteiger partial charge in [-0.05, 0) is 0 Å². The van der Waals surface area contributed by atoms with E-state index in [0.717, 1.165) is 42.4 Å². The average Bonchev–Trinajstić information content (AvgIpc) is 1.36. The Hall–Kier alpha value is 3.32. The van der Waals surface area contributed by atoms with Crippen LogP contribution < -0.4 is 14.7 Å². The van der Waals surface area contributed by atoms with E-state index in [0.29, 0.717) is 0 Å². The zero-order valence-corrected chi connectivity index (χ0v) is 12.1. The number of phosphoric acid groups is 1. The van der Waals surface area contributed by atoms with Crippen molar-refractivity contribution in [3.8, 4) is 0 Å². The van der Waals surface area contributed by atoms with Crippen molar-refractivity contribution < 1.29 is 54.8 Å². The van der Waals surface area contributed by atoms with E-state index in [9.17, 15) is 0 Å². The molecule has 0 aliphatic rings. The molecule has 0 spiro atoms. The second-order valence-electron chi connectivity index (χ2n) is 0.447. The Morgan fingerprint density at radius 1 is 1.33 bits per heavy atom. The summed E-state index contributed by atoms with van der Waals surface area (Å²) in [4.78, 5) is 25.6. The summed E-state index contributed by atoms with van der Waals surface area (Å²) in [5.74, 6) is 0. The predicted octanol–water partition coefficient (Wildman–Crippen LogP) is -3.48. The van der Waals surface area contributed by atoms with Gasteiger partial charge < -0.3 is 20.7 Å². The van der Waals surface area contributed by atoms with E-state index < -0.39 is 7.82 Å². The molecule has 0 heterocycles. The Balaban J connectivity index is -0.0000000154. The van der Waals surface area contributed by atoms with Crippen molar-refractivity contribution in [3.63, 3.8) is 0 Å². The maximum atomic E-state index is 8.55. The summed E-state index contributed by atoms with van der Waals surface area (Å²) in [7, 11) is -3.19. The third kappa shape index (κ3) is 89.3. The van der Waals surface area contributed by atoms with E-state index in [1.807, 2.05) is 0 Å². The first-order valence-corrected chi connectivity index (χ1v) is 7.34. The minimum Gasteiger partial charge on any atom is 2.00 e. The summed E-state index contributed by atoms with van der Waals surface area (Å²) in [5, 5.41) is 0. The molecule has 0 saturated carbocycles. The third-order valence-electron chi connectivity index (χ3n) is 0. The standard InChI is InChI=1S/Ba.Fe.Li.Mn.H3O4P.H/c;;;;1-5(2,3)4;/h;;;;(H3,1,2,3,4);/q+1;+2;;+2;;-1/p-3. The normalized spacial score (nSPS) is 7.44. The van der Waals surface area contributed by atoms with Crippen LogP contribution in [0.5, 0.6) is 0 Å². The zero-order valence-electron chi connectivity index (χ0n) is 5.52. The van der Waals surface area contributed by atoms with Crippen LogP contribution in [0, 0.1) is 0 Å². The molecule has 0 aliphatic heterocycles. The molecule has 4 nitrogen and oxygen atoms in total. The monoisotopic (exact) mass is 352 g/mol. The molecule has 0 bridgehead atoms. The fraction of sp³-hybridized carbons (Fsp3) is 0. The molecule has 0 saturated heterocycles. The van der Waals surface area contributed by atoms with Crippen molar-refractivity contribution in [2.75, 3.05) is 0 Å². The van der Waals surface area contributed by atoms with Gasteiger partial charge in [-0.1, -0.05) is 0 Å². The topological polar surface area (TPSA) is 86.2 Å². The summed E-state index contributed by atoms with van der Waals surface area (Å²) in [6, 6.07) is 0. The summed E-state index contributed by atoms with van der Waals surface area (Å²) in [6.07, 6.45) is 0. The first-order valence-electron chi connectivity index (χ1n) is 1.44. The third-order valence-corrected chi connectivity index (χ3v) is 0. The summed E-state index contributed by atoms with van der Waals surface area (Å²) in [6.45, 7) is 0. The minimum atomic E-state index is -5.39. The fourth-order valence-corrected chi connectivity index (χ4v) is 0. The van der Waals surface area contributed by atoms with E-state index in [1.165, 1.54) is 0 Å². The minimum absolute atomic E-state index is 0. The van der Waals surface area contributed by atoms with Gasteiger partial charge in [-0.3, -0.25) is 0 Å². The SMILES string of the molecule is O=P([O-])([O-])[O-].[Fe+2].[H-].[Li][Ba+].[Mn+2]. The summed E-state index contributed by atoms with van der Waals surface area (Å²) < 4.78 is 8.55. The maximum absolute atomic E-state index is 8.55. The van der Waals surface area contributed by atoms with Crippen molar-refractivity contribution in [1.82, 2.24) is 0 Å². The molecule has 0 rings (SSSR count). The van der Waals surface area contributed by atoms with E-state index in [2.05, 4.69) is 8.43 Å². The van der Waals surface area contributed by atoms with E-state index in [4.69, 9.17) is 19.2 Å². The molecule has 1 radical (unpaired) electrons. The molecule has 0 aromatic heterocycles. The van der Waals surface area contributed by atoms with Crippen LogP contribution in [0.4, 0.5) is 0 Å². The van der Waals surface area contributed by atoms with Crippen LogP contribution in [0.15, 0.2) is 0 Å². The zero-order chi connectivity index (χ0) is 6.50. The van der Waals surface area contributed by atoms with Crippen LogP contribution in [0.25, 0.3) is 0 Å². The van der Waals surface area contributed by atoms with Gasteiger partial charge in [0.15, 0.2) is 0 Å². The fourth-order valence-electron chi connectivity index (χ4n) is 0. The molecule has 0 amide bonds. The Kier molecular flexibility index (Phi) is 35.2. The van der Waals surface area contributed by atoms with E-state index in [1.54, 1.807) is 0 Å². The molecule has 0 fully saturated rings. The van der Waals surface area contributed by atoms with Crippen molar-refractivity contribution in [1.29, 1.82) is 0 Å². The molecular formula is HBaFeLiMnO4P+. The van der Waals surface area contributed by atoms with E-state index >= 15 is 0 Å². The van der Waals surface area contributed by atoms with Gasteiger partial charge in [0.1, 0.15) is 0 Å². The molecule has 0 aromatic carbocycles. The predicted molar refractivity (Wildman–Crippen MR) is 20.2 cm³/mol. The van der Waals surface area contributed by atoms with Gasteiger partial charge in [0.25, 0.3) is 0 Å². The van der Waals surface area contributed by atoms with Crippen LogP contribution in [0.2, 0.25) is 0 Å². The Morgan fingerprint density at radius 2 is 1.33 bits per heavy atom. The van der Waals surface area contributed by atoms with Crippen molar-refractivity contribution in [3.05, 3.63) is 0 Å². The smallest absolute Gasteiger partial charge is 2.00 e. The average molecular weight is 351 g/mol. The summed E-state index contributed by atoms with van der Waals surface area (Å²) in [5.41, 5.74) is 0. The maximum Gasteiger partial charge on any atom is 2.00 e. The van der Waals surface area contributed by atoms with Crippen molar-refractivity contribution in [2.45, 2.75) is 0 Å². The quantitative estimate of drug-likeness (QED) is 0.335. The van der Waals surface area contributed by atoms with Crippen LogP contribution in [-0.4, -0.2) is 50.8 Å². The molecule has 0 atom stereocenters. The Labute approximate surface area is 111 Å². The second-order valence-corrected chi connectivity index (χ2v) is 1.34. The van der Waals surface area contributed by atoms with Gasteiger partial charge in [-0.15, -0.1) is 0 Å². The van der Waals surface area contributed by atoms with Gasteiger partial charge in [0.2, 0.25) is 0 Å². The Morgan fingerprint density at radius 3 is 1.33 bits per heavy atom. The van der Waals surface area contributed by atoms with Gasteiger partial charge >= 0.3 is 85.0 Å². The van der Waals surface area contributed by atoms with Gasteiger partial charge in [0.05, 0.1) is 0 Å². The molecule has 9 heavy (non-hydrogen) atoms. The van der Waals surface area contributed by atoms with E-state index in [-0.39, 0.29) is 35.6 Å². The van der Waals surface area contributed by atoms with Crippen LogP contribution in [0.1, 0.15) is 1.43 Å². The van der Waals surface area contributed by atoms with Gasteiger partial charge in [0, 0.05) is 0 Å². The van der Waals surface area contributed by atoms with Crippen LogP contribution in [0.3, 0.4) is 0 Å². The first kappa shape index (κ1) is 22.8. The molecule has 0 N–H and O–H groups in total. The van der Waals surface area contributed by atoms with Crippen LogP contribution in [-0.2, 0) is 38.7 Å². The summed E-state index contributed by atoms with van der Waals surface area (Å²) >= 11 is 1.03. The molecular weight excluding hydrogens is 350 g/mol. The van der Waals surface area contributed by atoms with Gasteiger partial charge in [-0.25, -0.2) is 0 Å². The first-order chi connectivity index (χ1) is 3.00. The van der Waals surface area contributed by atoms with Gasteiger partial charge in [-0.2, -0.15) is 7.82 Å². The Bertz CT molecular complexity index is 71.4. The molecule has 47 valence electrons. The van der Waals surface area contributed by atoms with Crippen molar-refractivity contribution >= 4 is 58.7 Å². The van der Waals surface area contributed by atoms with Crippen molar-refractivity contribution in [2.24, 2.45) is 0 Å². The number of hydrogen-bond donors (Lipinski definition) is 0. The molecule has 0 aromatic rings. The largest absolute Gasteiger partial charge is 2.00 e. The second kappa shape index (κ2) is 13.9. The molecule has 0 unspecified atom stereocenters.